The molecule has 0 aliphatic carbocycles. The van der Waals surface area contributed by atoms with Crippen LogP contribution < -0.4 is 5.32 Å². The molecular weight excluding hydrogens is 350 g/mol. The summed E-state index contributed by atoms with van der Waals surface area (Å²) in [5.41, 5.74) is 1.90. The van der Waals surface area contributed by atoms with Crippen molar-refractivity contribution < 1.29 is 14.3 Å². The van der Waals surface area contributed by atoms with Gasteiger partial charge in [0.2, 0.25) is 0 Å². The third-order valence-corrected chi connectivity index (χ3v) is 4.36. The predicted octanol–water partition coefficient (Wildman–Crippen LogP) is 4.99. The van der Waals surface area contributed by atoms with Gasteiger partial charge >= 0.3 is 5.97 Å². The molecule has 26 heavy (non-hydrogen) atoms. The maximum Gasteiger partial charge on any atom is 0.339 e. The molecule has 0 spiro atoms. The van der Waals surface area contributed by atoms with Crippen molar-refractivity contribution in [2.45, 2.75) is 20.0 Å². The molecule has 0 fully saturated rings. The first kappa shape index (κ1) is 18.0. The molecular formula is C21H18ClNO3. The molecule has 0 bridgehead atoms. The highest BCUT2D eigenvalue weighted by atomic mass is 35.5. The van der Waals surface area contributed by atoms with Crippen molar-refractivity contribution in [1.82, 2.24) is 0 Å². The normalized spacial score (nSPS) is 11.8. The molecule has 3 rings (SSSR count). The zero-order valence-electron chi connectivity index (χ0n) is 14.5. The highest BCUT2D eigenvalue weighted by molar-refractivity contribution is 6.31. The Bertz CT molecular complexity index is 979. The molecule has 0 heterocycles. The molecule has 0 saturated heterocycles. The second-order valence-electron chi connectivity index (χ2n) is 6.02. The van der Waals surface area contributed by atoms with Gasteiger partial charge in [-0.15, -0.1) is 0 Å². The van der Waals surface area contributed by atoms with Crippen molar-refractivity contribution in [1.29, 1.82) is 0 Å². The van der Waals surface area contributed by atoms with Gasteiger partial charge in [-0.1, -0.05) is 54.1 Å². The molecule has 1 atom stereocenters. The summed E-state index contributed by atoms with van der Waals surface area (Å²) < 4.78 is 5.36. The van der Waals surface area contributed by atoms with E-state index in [2.05, 4.69) is 5.32 Å². The fourth-order valence-electron chi connectivity index (χ4n) is 2.64. The van der Waals surface area contributed by atoms with E-state index in [0.29, 0.717) is 16.3 Å². The van der Waals surface area contributed by atoms with Gasteiger partial charge in [0.05, 0.1) is 5.56 Å². The SMILES string of the molecule is Cc1ccc(Cl)cc1NC(=O)C(C)OC(=O)c1cccc2ccccc12. The van der Waals surface area contributed by atoms with E-state index >= 15 is 0 Å². The van der Waals surface area contributed by atoms with Crippen LogP contribution in [0.4, 0.5) is 5.69 Å². The van der Waals surface area contributed by atoms with Gasteiger partial charge in [0, 0.05) is 10.7 Å². The van der Waals surface area contributed by atoms with Crippen LogP contribution in [0.15, 0.2) is 60.7 Å². The summed E-state index contributed by atoms with van der Waals surface area (Å²) in [6.45, 7) is 3.40. The fraction of sp³-hybridized carbons (Fsp3) is 0.143. The van der Waals surface area contributed by atoms with Crippen LogP contribution in [-0.4, -0.2) is 18.0 Å². The lowest BCUT2D eigenvalue weighted by atomic mass is 10.0. The van der Waals surface area contributed by atoms with Gasteiger partial charge in [-0.05, 0) is 48.4 Å². The van der Waals surface area contributed by atoms with Crippen molar-refractivity contribution in [3.63, 3.8) is 0 Å². The molecule has 3 aromatic carbocycles. The van der Waals surface area contributed by atoms with Crippen LogP contribution in [0, 0.1) is 6.92 Å². The number of esters is 1. The number of nitrogens with one attached hydrogen (secondary N) is 1. The Morgan fingerprint density at radius 1 is 1.04 bits per heavy atom. The molecule has 0 aliphatic rings. The van der Waals surface area contributed by atoms with Gasteiger partial charge in [-0.25, -0.2) is 4.79 Å². The van der Waals surface area contributed by atoms with Crippen LogP contribution in [0.1, 0.15) is 22.8 Å². The maximum atomic E-state index is 12.5. The fourth-order valence-corrected chi connectivity index (χ4v) is 2.82. The number of carbonyl (C=O) groups is 2. The number of halogens is 1. The topological polar surface area (TPSA) is 55.4 Å². The summed E-state index contributed by atoms with van der Waals surface area (Å²) in [6, 6.07) is 18.2. The van der Waals surface area contributed by atoms with Crippen LogP contribution in [0.3, 0.4) is 0 Å². The second kappa shape index (κ2) is 7.58. The van der Waals surface area contributed by atoms with Crippen LogP contribution in [0.2, 0.25) is 5.02 Å². The third kappa shape index (κ3) is 3.86. The molecule has 0 aliphatic heterocycles. The summed E-state index contributed by atoms with van der Waals surface area (Å²) in [5, 5.41) is 4.99. The van der Waals surface area contributed by atoms with Gasteiger partial charge in [0.25, 0.3) is 5.91 Å². The lowest BCUT2D eigenvalue weighted by Crippen LogP contribution is -2.30. The van der Waals surface area contributed by atoms with E-state index in [0.717, 1.165) is 16.3 Å². The van der Waals surface area contributed by atoms with E-state index in [9.17, 15) is 9.59 Å². The van der Waals surface area contributed by atoms with Gasteiger partial charge < -0.3 is 10.1 Å². The minimum atomic E-state index is -0.945. The standard InChI is InChI=1S/C21H18ClNO3/c1-13-10-11-16(22)12-19(13)23-20(24)14(2)26-21(25)18-9-5-7-15-6-3-4-8-17(15)18/h3-12,14H,1-2H3,(H,23,24). The smallest absolute Gasteiger partial charge is 0.339 e. The molecule has 3 aromatic rings. The van der Waals surface area contributed by atoms with Gasteiger partial charge in [0.1, 0.15) is 0 Å². The zero-order chi connectivity index (χ0) is 18.7. The van der Waals surface area contributed by atoms with E-state index < -0.39 is 18.0 Å². The number of benzene rings is 3. The van der Waals surface area contributed by atoms with E-state index in [4.69, 9.17) is 16.3 Å². The number of ether oxygens (including phenoxy) is 1. The lowest BCUT2D eigenvalue weighted by molar-refractivity contribution is -0.123. The average molecular weight is 368 g/mol. The van der Waals surface area contributed by atoms with Crippen LogP contribution >= 0.6 is 11.6 Å². The Labute approximate surface area is 156 Å². The van der Waals surface area contributed by atoms with Gasteiger partial charge in [0.15, 0.2) is 6.10 Å². The van der Waals surface area contributed by atoms with Crippen molar-refractivity contribution in [3.05, 3.63) is 76.8 Å². The molecule has 5 heteroatoms. The van der Waals surface area contributed by atoms with Crippen LogP contribution in [0.25, 0.3) is 10.8 Å². The summed E-state index contributed by atoms with van der Waals surface area (Å²) in [4.78, 5) is 24.9. The molecule has 132 valence electrons. The third-order valence-electron chi connectivity index (χ3n) is 4.12. The Morgan fingerprint density at radius 2 is 1.77 bits per heavy atom. The number of hydrogen-bond acceptors (Lipinski definition) is 3. The van der Waals surface area contributed by atoms with Crippen molar-refractivity contribution in [2.24, 2.45) is 0 Å². The molecule has 0 radical (unpaired) electrons. The molecule has 0 saturated carbocycles. The largest absolute Gasteiger partial charge is 0.449 e. The summed E-state index contributed by atoms with van der Waals surface area (Å²) in [7, 11) is 0. The van der Waals surface area contributed by atoms with Crippen molar-refractivity contribution in [2.75, 3.05) is 5.32 Å². The molecule has 4 nitrogen and oxygen atoms in total. The van der Waals surface area contributed by atoms with Gasteiger partial charge in [-0.3, -0.25) is 4.79 Å². The first-order chi connectivity index (χ1) is 12.5. The molecule has 1 N–H and O–H groups in total. The van der Waals surface area contributed by atoms with E-state index in [-0.39, 0.29) is 0 Å². The number of amides is 1. The zero-order valence-corrected chi connectivity index (χ0v) is 15.2. The highest BCUT2D eigenvalue weighted by Crippen LogP contribution is 2.22. The Hall–Kier alpha value is -2.85. The van der Waals surface area contributed by atoms with Crippen LogP contribution in [-0.2, 0) is 9.53 Å². The Kier molecular flexibility index (Phi) is 5.24. The van der Waals surface area contributed by atoms with Crippen molar-refractivity contribution in [3.8, 4) is 0 Å². The number of anilines is 1. The minimum Gasteiger partial charge on any atom is -0.449 e. The van der Waals surface area contributed by atoms with Gasteiger partial charge in [-0.2, -0.15) is 0 Å². The monoisotopic (exact) mass is 367 g/mol. The number of rotatable bonds is 4. The van der Waals surface area contributed by atoms with Crippen LogP contribution in [0.5, 0.6) is 0 Å². The van der Waals surface area contributed by atoms with E-state index in [1.54, 1.807) is 24.3 Å². The Morgan fingerprint density at radius 3 is 2.58 bits per heavy atom. The quantitative estimate of drug-likeness (QED) is 0.661. The minimum absolute atomic E-state index is 0.413. The molecule has 1 amide bonds. The molecule has 0 aromatic heterocycles. The number of hydrogen-bond donors (Lipinski definition) is 1. The highest BCUT2D eigenvalue weighted by Gasteiger charge is 2.20. The van der Waals surface area contributed by atoms with E-state index in [1.165, 1.54) is 6.92 Å². The van der Waals surface area contributed by atoms with E-state index in [1.807, 2.05) is 43.3 Å². The summed E-state index contributed by atoms with van der Waals surface area (Å²) >= 11 is 5.96. The number of fused-ring (bicyclic) bond motifs is 1. The maximum absolute atomic E-state index is 12.5. The number of aryl methyl sites for hydroxylation is 1. The average Bonchev–Trinajstić information content (AvgIpc) is 2.64. The molecule has 1 unspecified atom stereocenters. The number of carbonyl (C=O) groups excluding carboxylic acids is 2. The van der Waals surface area contributed by atoms with Crippen molar-refractivity contribution >= 4 is 39.9 Å². The lowest BCUT2D eigenvalue weighted by Gasteiger charge is -2.15. The second-order valence-corrected chi connectivity index (χ2v) is 6.46. The summed E-state index contributed by atoms with van der Waals surface area (Å²) in [6.07, 6.45) is -0.945. The predicted molar refractivity (Wildman–Crippen MR) is 104 cm³/mol. The first-order valence-corrected chi connectivity index (χ1v) is 8.59. The Balaban J connectivity index is 1.74. The summed E-state index contributed by atoms with van der Waals surface area (Å²) in [5.74, 6) is -0.948. The first-order valence-electron chi connectivity index (χ1n) is 8.21.